The summed E-state index contributed by atoms with van der Waals surface area (Å²) in [6.45, 7) is 0.199. The van der Waals surface area contributed by atoms with Crippen LogP contribution in [-0.2, 0) is 11.3 Å². The number of phenolic OH excluding ortho intramolecular Hbond substituents is 1. The highest BCUT2D eigenvalue weighted by Gasteiger charge is 2.23. The zero-order valence-corrected chi connectivity index (χ0v) is 10.6. The molecule has 0 aliphatic heterocycles. The quantitative estimate of drug-likeness (QED) is 0.911. The highest BCUT2D eigenvalue weighted by Crippen LogP contribution is 2.49. The molecule has 1 N–H and O–H groups in total. The van der Waals surface area contributed by atoms with Gasteiger partial charge in [0.25, 0.3) is 0 Å². The zero-order chi connectivity index (χ0) is 12.3. The Bertz CT molecular complexity index is 362. The number of halogens is 2. The number of hydrogen-bond donors (Lipinski definition) is 1. The molecule has 0 aliphatic carbocycles. The topological polar surface area (TPSA) is 47.9 Å². The van der Waals surface area contributed by atoms with E-state index in [-0.39, 0.29) is 33.9 Å². The van der Waals surface area contributed by atoms with Gasteiger partial charge in [0.1, 0.15) is 0 Å². The largest absolute Gasteiger partial charge is 0.502 e. The lowest BCUT2D eigenvalue weighted by Gasteiger charge is -2.15. The molecule has 0 atom stereocenters. The predicted octanol–water partition coefficient (Wildman–Crippen LogP) is 2.86. The normalized spacial score (nSPS) is 10.3. The summed E-state index contributed by atoms with van der Waals surface area (Å²) in [4.78, 5) is 0. The zero-order valence-electron chi connectivity index (χ0n) is 9.13. The summed E-state index contributed by atoms with van der Waals surface area (Å²) in [6.07, 6.45) is 0. The molecule has 0 bridgehead atoms. The summed E-state index contributed by atoms with van der Waals surface area (Å²) in [5.41, 5.74) is 0.511. The molecule has 0 fully saturated rings. The van der Waals surface area contributed by atoms with Crippen LogP contribution in [0.5, 0.6) is 17.2 Å². The Kier molecular flexibility index (Phi) is 4.53. The number of rotatable bonds is 4. The predicted molar refractivity (Wildman–Crippen MR) is 61.9 cm³/mol. The van der Waals surface area contributed by atoms with E-state index in [1.54, 1.807) is 0 Å². The average molecular weight is 267 g/mol. The molecule has 4 nitrogen and oxygen atoms in total. The molecule has 1 aromatic rings. The van der Waals surface area contributed by atoms with Gasteiger partial charge in [-0.3, -0.25) is 0 Å². The lowest BCUT2D eigenvalue weighted by Crippen LogP contribution is -1.98. The fourth-order valence-electron chi connectivity index (χ4n) is 1.33. The van der Waals surface area contributed by atoms with Gasteiger partial charge < -0.3 is 19.3 Å². The van der Waals surface area contributed by atoms with Gasteiger partial charge in [0.2, 0.25) is 5.75 Å². The Morgan fingerprint density at radius 1 is 1.00 bits per heavy atom. The first-order chi connectivity index (χ1) is 7.58. The Balaban J connectivity index is 3.49. The maximum Gasteiger partial charge on any atom is 0.203 e. The van der Waals surface area contributed by atoms with E-state index in [9.17, 15) is 5.11 Å². The molecule has 90 valence electrons. The molecule has 0 amide bonds. The summed E-state index contributed by atoms with van der Waals surface area (Å²) in [7, 11) is 4.30. The van der Waals surface area contributed by atoms with Crippen molar-refractivity contribution >= 4 is 23.2 Å². The van der Waals surface area contributed by atoms with Crippen LogP contribution in [0.15, 0.2) is 0 Å². The maximum absolute atomic E-state index is 9.78. The molecule has 0 unspecified atom stereocenters. The molecule has 0 saturated heterocycles. The highest BCUT2D eigenvalue weighted by atomic mass is 35.5. The van der Waals surface area contributed by atoms with Crippen molar-refractivity contribution in [3.8, 4) is 17.2 Å². The van der Waals surface area contributed by atoms with Gasteiger partial charge in [-0.05, 0) is 0 Å². The van der Waals surface area contributed by atoms with Crippen molar-refractivity contribution in [3.63, 3.8) is 0 Å². The van der Waals surface area contributed by atoms with Crippen molar-refractivity contribution in [1.82, 2.24) is 0 Å². The molecule has 6 heteroatoms. The third kappa shape index (κ3) is 2.14. The Morgan fingerprint density at radius 3 is 1.75 bits per heavy atom. The second-order valence-corrected chi connectivity index (χ2v) is 3.71. The second-order valence-electron chi connectivity index (χ2n) is 2.95. The van der Waals surface area contributed by atoms with Crippen molar-refractivity contribution in [3.05, 3.63) is 15.6 Å². The Labute approximate surface area is 104 Å². The number of hydrogen-bond acceptors (Lipinski definition) is 4. The number of methoxy groups -OCH3 is 3. The molecule has 0 spiro atoms. The molecule has 0 radical (unpaired) electrons. The SMILES string of the molecule is COCc1c(Cl)c(OC)c(O)c(OC)c1Cl. The Morgan fingerprint density at radius 2 is 1.44 bits per heavy atom. The number of phenols is 1. The summed E-state index contributed by atoms with van der Waals surface area (Å²) >= 11 is 12.0. The van der Waals surface area contributed by atoms with E-state index in [4.69, 9.17) is 37.4 Å². The van der Waals surface area contributed by atoms with E-state index in [2.05, 4.69) is 0 Å². The van der Waals surface area contributed by atoms with Crippen LogP contribution >= 0.6 is 23.2 Å². The third-order valence-corrected chi connectivity index (χ3v) is 2.86. The fraction of sp³-hybridized carbons (Fsp3) is 0.400. The van der Waals surface area contributed by atoms with E-state index >= 15 is 0 Å². The maximum atomic E-state index is 9.78. The van der Waals surface area contributed by atoms with Crippen LogP contribution in [0.4, 0.5) is 0 Å². The van der Waals surface area contributed by atoms with Crippen molar-refractivity contribution in [2.45, 2.75) is 6.61 Å². The minimum absolute atomic E-state index is 0.120. The van der Waals surface area contributed by atoms with Gasteiger partial charge in [0.15, 0.2) is 11.5 Å². The van der Waals surface area contributed by atoms with Gasteiger partial charge in [0.05, 0.1) is 30.9 Å². The van der Waals surface area contributed by atoms with E-state index < -0.39 is 0 Å². The summed E-state index contributed by atoms with van der Waals surface area (Å²) in [6, 6.07) is 0. The molecule has 1 aromatic carbocycles. The van der Waals surface area contributed by atoms with Gasteiger partial charge in [-0.1, -0.05) is 23.2 Å². The summed E-state index contributed by atoms with van der Waals surface area (Å²) in [5, 5.41) is 10.2. The van der Waals surface area contributed by atoms with Crippen LogP contribution in [0.2, 0.25) is 10.0 Å². The number of ether oxygens (including phenoxy) is 3. The number of aromatic hydroxyl groups is 1. The van der Waals surface area contributed by atoms with Crippen LogP contribution in [0.3, 0.4) is 0 Å². The van der Waals surface area contributed by atoms with Crippen LogP contribution in [0.1, 0.15) is 5.56 Å². The smallest absolute Gasteiger partial charge is 0.203 e. The van der Waals surface area contributed by atoms with Gasteiger partial charge in [-0.25, -0.2) is 0 Å². The van der Waals surface area contributed by atoms with Crippen molar-refractivity contribution in [2.75, 3.05) is 21.3 Å². The summed E-state index contributed by atoms with van der Waals surface area (Å²) < 4.78 is 14.9. The van der Waals surface area contributed by atoms with Crippen molar-refractivity contribution < 1.29 is 19.3 Å². The first-order valence-corrected chi connectivity index (χ1v) is 5.13. The first-order valence-electron chi connectivity index (χ1n) is 4.38. The summed E-state index contributed by atoms with van der Waals surface area (Å²) in [5.74, 6) is 0.0183. The highest BCUT2D eigenvalue weighted by molar-refractivity contribution is 6.38. The fourth-order valence-corrected chi connectivity index (χ4v) is 2.00. The molecule has 16 heavy (non-hydrogen) atoms. The van der Waals surface area contributed by atoms with Gasteiger partial charge >= 0.3 is 0 Å². The van der Waals surface area contributed by atoms with E-state index in [1.807, 2.05) is 0 Å². The average Bonchev–Trinajstić information content (AvgIpc) is 2.26. The van der Waals surface area contributed by atoms with Gasteiger partial charge in [0, 0.05) is 12.7 Å². The molecule has 0 aliphatic rings. The lowest BCUT2D eigenvalue weighted by molar-refractivity contribution is 0.184. The monoisotopic (exact) mass is 266 g/mol. The van der Waals surface area contributed by atoms with Crippen LogP contribution in [0, 0.1) is 0 Å². The van der Waals surface area contributed by atoms with Crippen LogP contribution < -0.4 is 9.47 Å². The number of benzene rings is 1. The molecule has 0 saturated carbocycles. The molecule has 0 aromatic heterocycles. The molecular weight excluding hydrogens is 255 g/mol. The Hall–Kier alpha value is -0.840. The lowest BCUT2D eigenvalue weighted by atomic mass is 10.2. The van der Waals surface area contributed by atoms with Crippen molar-refractivity contribution in [2.24, 2.45) is 0 Å². The molecular formula is C10H12Cl2O4. The van der Waals surface area contributed by atoms with Gasteiger partial charge in [-0.15, -0.1) is 0 Å². The van der Waals surface area contributed by atoms with Gasteiger partial charge in [-0.2, -0.15) is 0 Å². The standard InChI is InChI=1S/C10H12Cl2O4/c1-14-4-5-6(11)9(15-2)8(13)10(16-3)7(5)12/h13H,4H2,1-3H3. The van der Waals surface area contributed by atoms with Crippen molar-refractivity contribution in [1.29, 1.82) is 0 Å². The molecule has 0 heterocycles. The van der Waals surface area contributed by atoms with E-state index in [1.165, 1.54) is 21.3 Å². The van der Waals surface area contributed by atoms with E-state index in [0.29, 0.717) is 5.56 Å². The third-order valence-electron chi connectivity index (χ3n) is 2.06. The van der Waals surface area contributed by atoms with Crippen LogP contribution in [0.25, 0.3) is 0 Å². The van der Waals surface area contributed by atoms with Crippen LogP contribution in [-0.4, -0.2) is 26.4 Å². The second kappa shape index (κ2) is 5.48. The molecule has 1 rings (SSSR count). The van der Waals surface area contributed by atoms with E-state index in [0.717, 1.165) is 0 Å². The minimum Gasteiger partial charge on any atom is -0.502 e. The minimum atomic E-state index is -0.222. The first kappa shape index (κ1) is 13.2.